The zero-order valence-electron chi connectivity index (χ0n) is 17.7. The minimum Gasteiger partial charge on any atom is -0.491 e. The SMILES string of the molecule is NC(CCc1ccccc1F)C(=O)N1CCc2ccccc2C1COc1cccc(F)c1. The summed E-state index contributed by atoms with van der Waals surface area (Å²) in [5.74, 6) is -0.456. The summed E-state index contributed by atoms with van der Waals surface area (Å²) in [6.45, 7) is 0.701. The third kappa shape index (κ3) is 4.97. The molecule has 2 unspecified atom stereocenters. The van der Waals surface area contributed by atoms with Crippen LogP contribution in [0, 0.1) is 11.6 Å². The van der Waals surface area contributed by atoms with Crippen LogP contribution < -0.4 is 10.5 Å². The van der Waals surface area contributed by atoms with Crippen LogP contribution in [0.3, 0.4) is 0 Å². The van der Waals surface area contributed by atoms with E-state index in [0.29, 0.717) is 30.7 Å². The Bertz CT molecular complexity index is 1090. The van der Waals surface area contributed by atoms with E-state index in [2.05, 4.69) is 0 Å². The second-order valence-corrected chi connectivity index (χ2v) is 8.00. The highest BCUT2D eigenvalue weighted by Crippen LogP contribution is 2.31. The molecule has 4 rings (SSSR count). The predicted molar refractivity (Wildman–Crippen MR) is 119 cm³/mol. The maximum absolute atomic E-state index is 13.9. The van der Waals surface area contributed by atoms with Gasteiger partial charge in [0, 0.05) is 12.6 Å². The second-order valence-electron chi connectivity index (χ2n) is 8.00. The van der Waals surface area contributed by atoms with Crippen LogP contribution >= 0.6 is 0 Å². The van der Waals surface area contributed by atoms with Gasteiger partial charge in [0.2, 0.25) is 5.91 Å². The Morgan fingerprint density at radius 3 is 2.66 bits per heavy atom. The molecule has 0 radical (unpaired) electrons. The highest BCUT2D eigenvalue weighted by atomic mass is 19.1. The van der Waals surface area contributed by atoms with Crippen molar-refractivity contribution in [1.82, 2.24) is 4.90 Å². The topological polar surface area (TPSA) is 55.6 Å². The summed E-state index contributed by atoms with van der Waals surface area (Å²) in [6, 6.07) is 19.3. The van der Waals surface area contributed by atoms with Crippen molar-refractivity contribution in [3.05, 3.63) is 101 Å². The largest absolute Gasteiger partial charge is 0.491 e. The molecule has 166 valence electrons. The van der Waals surface area contributed by atoms with E-state index in [0.717, 1.165) is 17.5 Å². The van der Waals surface area contributed by atoms with Crippen molar-refractivity contribution in [3.8, 4) is 5.75 Å². The predicted octanol–water partition coefficient (Wildman–Crippen LogP) is 4.43. The van der Waals surface area contributed by atoms with Gasteiger partial charge in [0.05, 0.1) is 12.1 Å². The molecule has 0 saturated carbocycles. The minimum atomic E-state index is -0.753. The number of fused-ring (bicyclic) bond motifs is 1. The Morgan fingerprint density at radius 1 is 1.06 bits per heavy atom. The van der Waals surface area contributed by atoms with Crippen LogP contribution in [0.1, 0.15) is 29.2 Å². The Morgan fingerprint density at radius 2 is 1.84 bits per heavy atom. The smallest absolute Gasteiger partial charge is 0.240 e. The molecule has 6 heteroatoms. The van der Waals surface area contributed by atoms with E-state index < -0.39 is 6.04 Å². The first-order chi connectivity index (χ1) is 15.5. The summed E-state index contributed by atoms with van der Waals surface area (Å²) in [7, 11) is 0. The van der Waals surface area contributed by atoms with Crippen molar-refractivity contribution in [2.75, 3.05) is 13.2 Å². The average Bonchev–Trinajstić information content (AvgIpc) is 2.81. The van der Waals surface area contributed by atoms with Crippen molar-refractivity contribution in [2.45, 2.75) is 31.3 Å². The van der Waals surface area contributed by atoms with E-state index in [-0.39, 0.29) is 30.2 Å². The summed E-state index contributed by atoms with van der Waals surface area (Å²) in [5.41, 5.74) is 8.96. The number of rotatable bonds is 7. The van der Waals surface area contributed by atoms with Crippen LogP contribution in [0.25, 0.3) is 0 Å². The number of amides is 1. The van der Waals surface area contributed by atoms with E-state index in [4.69, 9.17) is 10.5 Å². The third-order valence-electron chi connectivity index (χ3n) is 5.90. The molecule has 3 aromatic rings. The van der Waals surface area contributed by atoms with Gasteiger partial charge in [-0.2, -0.15) is 0 Å². The number of carbonyl (C=O) groups excluding carboxylic acids is 1. The molecule has 2 atom stereocenters. The molecule has 0 spiro atoms. The highest BCUT2D eigenvalue weighted by Gasteiger charge is 2.33. The van der Waals surface area contributed by atoms with Crippen molar-refractivity contribution in [3.63, 3.8) is 0 Å². The van der Waals surface area contributed by atoms with E-state index >= 15 is 0 Å². The Kier molecular flexibility index (Phi) is 6.81. The van der Waals surface area contributed by atoms with Gasteiger partial charge >= 0.3 is 0 Å². The van der Waals surface area contributed by atoms with Gasteiger partial charge in [0.15, 0.2) is 0 Å². The first-order valence-corrected chi connectivity index (χ1v) is 10.8. The maximum atomic E-state index is 13.9. The van der Waals surface area contributed by atoms with Crippen LogP contribution in [0.5, 0.6) is 5.75 Å². The molecule has 1 aliphatic heterocycles. The molecule has 0 aliphatic carbocycles. The molecular formula is C26H26F2N2O2. The van der Waals surface area contributed by atoms with Gasteiger partial charge in [0.25, 0.3) is 0 Å². The molecule has 2 N–H and O–H groups in total. The maximum Gasteiger partial charge on any atom is 0.240 e. The summed E-state index contributed by atoms with van der Waals surface area (Å²) in [6.07, 6.45) is 1.45. The first kappa shape index (κ1) is 22.0. The lowest BCUT2D eigenvalue weighted by Crippen LogP contribution is -2.49. The van der Waals surface area contributed by atoms with E-state index in [9.17, 15) is 13.6 Å². The van der Waals surface area contributed by atoms with Gasteiger partial charge in [0.1, 0.15) is 24.0 Å². The van der Waals surface area contributed by atoms with Crippen molar-refractivity contribution < 1.29 is 18.3 Å². The van der Waals surface area contributed by atoms with Crippen LogP contribution in [0.2, 0.25) is 0 Å². The Balaban J connectivity index is 1.49. The number of hydrogen-bond acceptors (Lipinski definition) is 3. The molecule has 4 nitrogen and oxygen atoms in total. The molecule has 0 aromatic heterocycles. The molecule has 0 bridgehead atoms. The number of hydrogen-bond donors (Lipinski definition) is 1. The quantitative estimate of drug-likeness (QED) is 0.596. The standard InChI is InChI=1S/C26H26F2N2O2/c27-20-8-5-9-21(16-20)32-17-25-22-10-3-1-6-18(22)14-15-30(25)26(31)24(29)13-12-19-7-2-4-11-23(19)28/h1-11,16,24-25H,12-15,17,29H2. The first-order valence-electron chi connectivity index (χ1n) is 10.8. The van der Waals surface area contributed by atoms with E-state index in [1.807, 2.05) is 24.3 Å². The lowest BCUT2D eigenvalue weighted by atomic mass is 9.92. The normalized spacial score (nSPS) is 16.3. The van der Waals surface area contributed by atoms with Crippen LogP contribution in [-0.2, 0) is 17.6 Å². The molecule has 1 amide bonds. The zero-order chi connectivity index (χ0) is 22.5. The monoisotopic (exact) mass is 436 g/mol. The zero-order valence-corrected chi connectivity index (χ0v) is 17.7. The van der Waals surface area contributed by atoms with Gasteiger partial charge < -0.3 is 15.4 Å². The van der Waals surface area contributed by atoms with Crippen LogP contribution in [0.15, 0.2) is 72.8 Å². The average molecular weight is 437 g/mol. The summed E-state index contributed by atoms with van der Waals surface area (Å²) >= 11 is 0. The number of halogens is 2. The van der Waals surface area contributed by atoms with Crippen molar-refractivity contribution >= 4 is 5.91 Å². The highest BCUT2D eigenvalue weighted by molar-refractivity contribution is 5.82. The van der Waals surface area contributed by atoms with Gasteiger partial charge in [-0.25, -0.2) is 8.78 Å². The summed E-state index contributed by atoms with van der Waals surface area (Å²) in [4.78, 5) is 15.0. The fourth-order valence-electron chi connectivity index (χ4n) is 4.18. The van der Waals surface area contributed by atoms with E-state index in [1.54, 1.807) is 35.2 Å². The number of nitrogens with zero attached hydrogens (tertiary/aromatic N) is 1. The fraction of sp³-hybridized carbons (Fsp3) is 0.269. The molecular weight excluding hydrogens is 410 g/mol. The second kappa shape index (κ2) is 9.92. The fourth-order valence-corrected chi connectivity index (χ4v) is 4.18. The molecule has 32 heavy (non-hydrogen) atoms. The Hall–Kier alpha value is -3.25. The number of aryl methyl sites for hydroxylation is 1. The number of ether oxygens (including phenoxy) is 1. The van der Waals surface area contributed by atoms with Crippen LogP contribution in [-0.4, -0.2) is 30.0 Å². The van der Waals surface area contributed by atoms with E-state index in [1.165, 1.54) is 18.2 Å². The van der Waals surface area contributed by atoms with Crippen LogP contribution in [0.4, 0.5) is 8.78 Å². The van der Waals surface area contributed by atoms with Crippen molar-refractivity contribution in [1.29, 1.82) is 0 Å². The number of carbonyl (C=O) groups is 1. The molecule has 1 aliphatic rings. The Labute approximate surface area is 186 Å². The molecule has 0 fully saturated rings. The lowest BCUT2D eigenvalue weighted by Gasteiger charge is -2.38. The molecule has 3 aromatic carbocycles. The van der Waals surface area contributed by atoms with Gasteiger partial charge in [-0.05, 0) is 54.2 Å². The minimum absolute atomic E-state index is 0.187. The third-order valence-corrected chi connectivity index (χ3v) is 5.90. The lowest BCUT2D eigenvalue weighted by molar-refractivity contribution is -0.136. The molecule has 0 saturated heterocycles. The van der Waals surface area contributed by atoms with Gasteiger partial charge in [-0.1, -0.05) is 48.5 Å². The molecule has 1 heterocycles. The summed E-state index contributed by atoms with van der Waals surface area (Å²) in [5, 5.41) is 0. The summed E-state index contributed by atoms with van der Waals surface area (Å²) < 4.78 is 33.3. The number of nitrogens with two attached hydrogens (primary N) is 1. The van der Waals surface area contributed by atoms with Gasteiger partial charge in [-0.3, -0.25) is 4.79 Å². The van der Waals surface area contributed by atoms with Gasteiger partial charge in [-0.15, -0.1) is 0 Å². The number of benzene rings is 3. The van der Waals surface area contributed by atoms with Crippen molar-refractivity contribution in [2.24, 2.45) is 5.73 Å².